The van der Waals surface area contributed by atoms with Crippen molar-refractivity contribution in [2.75, 3.05) is 0 Å². The molecule has 0 unspecified atom stereocenters. The fraction of sp³-hybridized carbons (Fsp3) is 0.273. The zero-order valence-electron chi connectivity index (χ0n) is 8.34. The maximum atomic E-state index is 3.73. The Hall–Kier alpha value is -0.790. The number of allylic oxidation sites excluding steroid dienone is 1. The number of aryl methyl sites for hydroxylation is 1. The highest BCUT2D eigenvalue weighted by atomic mass is 35.5. The first-order chi connectivity index (χ1) is 5.25. The van der Waals surface area contributed by atoms with Gasteiger partial charge in [-0.1, -0.05) is 24.3 Å². The van der Waals surface area contributed by atoms with Crippen LogP contribution in [0.5, 0.6) is 0 Å². The molecule has 0 bridgehead atoms. The van der Waals surface area contributed by atoms with E-state index in [0.717, 1.165) is 6.42 Å². The van der Waals surface area contributed by atoms with Gasteiger partial charge >= 0.3 is 0 Å². The molecular weight excluding hydrogens is 182 g/mol. The van der Waals surface area contributed by atoms with Gasteiger partial charge in [0, 0.05) is 0 Å². The van der Waals surface area contributed by atoms with E-state index in [9.17, 15) is 0 Å². The summed E-state index contributed by atoms with van der Waals surface area (Å²) in [6.45, 7) is 8.03. The number of benzene rings is 1. The Kier molecular flexibility index (Phi) is 7.58. The molecule has 0 saturated heterocycles. The average molecular weight is 200 g/mol. The monoisotopic (exact) mass is 199 g/mol. The largest absolute Gasteiger partial charge is 0.344 e. The summed E-state index contributed by atoms with van der Waals surface area (Å²) in [6, 6.07) is 6.40. The molecular formula is C11H18ClN. The van der Waals surface area contributed by atoms with Crippen molar-refractivity contribution < 1.29 is 0 Å². The van der Waals surface area contributed by atoms with Gasteiger partial charge in [-0.3, -0.25) is 0 Å². The van der Waals surface area contributed by atoms with E-state index >= 15 is 0 Å². The summed E-state index contributed by atoms with van der Waals surface area (Å²) >= 11 is 0. The minimum atomic E-state index is 0. The van der Waals surface area contributed by atoms with Gasteiger partial charge in [-0.15, -0.1) is 19.0 Å². The van der Waals surface area contributed by atoms with Crippen molar-refractivity contribution in [2.45, 2.75) is 20.3 Å². The molecule has 0 saturated carbocycles. The Morgan fingerprint density at radius 1 is 1.31 bits per heavy atom. The van der Waals surface area contributed by atoms with Gasteiger partial charge in [-0.25, -0.2) is 0 Å². The number of hydrogen-bond donors (Lipinski definition) is 1. The van der Waals surface area contributed by atoms with Gasteiger partial charge in [0.15, 0.2) is 0 Å². The van der Waals surface area contributed by atoms with E-state index in [1.807, 2.05) is 6.08 Å². The molecule has 0 aliphatic rings. The number of rotatable bonds is 2. The third kappa shape index (κ3) is 3.62. The normalized spacial score (nSPS) is 8.15. The van der Waals surface area contributed by atoms with Crippen LogP contribution in [0.25, 0.3) is 0 Å². The predicted octanol–water partition coefficient (Wildman–Crippen LogP) is 3.62. The summed E-state index contributed by atoms with van der Waals surface area (Å²) in [5.41, 5.74) is 4.15. The van der Waals surface area contributed by atoms with E-state index in [1.54, 1.807) is 0 Å². The Balaban J connectivity index is 0. The Morgan fingerprint density at radius 3 is 2.46 bits per heavy atom. The topological polar surface area (TPSA) is 35.0 Å². The van der Waals surface area contributed by atoms with Crippen LogP contribution >= 0.6 is 12.4 Å². The van der Waals surface area contributed by atoms with Gasteiger partial charge in [0.25, 0.3) is 0 Å². The maximum absolute atomic E-state index is 3.73. The second-order valence-corrected chi connectivity index (χ2v) is 2.85. The highest BCUT2D eigenvalue weighted by molar-refractivity contribution is 5.85. The minimum Gasteiger partial charge on any atom is -0.344 e. The number of halogens is 1. The van der Waals surface area contributed by atoms with Crippen LogP contribution in [-0.4, -0.2) is 0 Å². The summed E-state index contributed by atoms with van der Waals surface area (Å²) in [7, 11) is 0. The molecule has 1 nitrogen and oxygen atoms in total. The second kappa shape index (κ2) is 6.70. The summed E-state index contributed by atoms with van der Waals surface area (Å²) in [6.07, 6.45) is 2.93. The van der Waals surface area contributed by atoms with Crippen LogP contribution < -0.4 is 6.15 Å². The lowest BCUT2D eigenvalue weighted by molar-refractivity contribution is 1.18. The van der Waals surface area contributed by atoms with Gasteiger partial charge in [0.2, 0.25) is 0 Å². The van der Waals surface area contributed by atoms with Crippen molar-refractivity contribution >= 4 is 12.4 Å². The van der Waals surface area contributed by atoms with Gasteiger partial charge < -0.3 is 6.15 Å². The SMILES string of the molecule is C=CCc1cccc(C)c1C.Cl.N. The summed E-state index contributed by atoms with van der Waals surface area (Å²) in [5, 5.41) is 0. The highest BCUT2D eigenvalue weighted by Gasteiger charge is 1.96. The lowest BCUT2D eigenvalue weighted by Crippen LogP contribution is -1.88. The molecule has 0 spiro atoms. The van der Waals surface area contributed by atoms with Gasteiger partial charge in [-0.2, -0.15) is 0 Å². The van der Waals surface area contributed by atoms with Gasteiger partial charge in [0.05, 0.1) is 0 Å². The van der Waals surface area contributed by atoms with Crippen LogP contribution in [0.15, 0.2) is 30.9 Å². The molecule has 0 aliphatic carbocycles. The van der Waals surface area contributed by atoms with E-state index in [0.29, 0.717) is 0 Å². The van der Waals surface area contributed by atoms with Crippen molar-refractivity contribution in [3.8, 4) is 0 Å². The molecule has 1 rings (SSSR count). The molecule has 0 atom stereocenters. The molecule has 0 amide bonds. The molecule has 0 radical (unpaired) electrons. The van der Waals surface area contributed by atoms with Gasteiger partial charge in [-0.05, 0) is 37.0 Å². The molecule has 0 fully saturated rings. The van der Waals surface area contributed by atoms with Crippen molar-refractivity contribution in [3.05, 3.63) is 47.5 Å². The highest BCUT2D eigenvalue weighted by Crippen LogP contribution is 2.12. The van der Waals surface area contributed by atoms with E-state index in [2.05, 4.69) is 38.6 Å². The molecule has 74 valence electrons. The molecule has 13 heavy (non-hydrogen) atoms. The van der Waals surface area contributed by atoms with Crippen molar-refractivity contribution in [2.24, 2.45) is 0 Å². The second-order valence-electron chi connectivity index (χ2n) is 2.85. The molecule has 0 aliphatic heterocycles. The minimum absolute atomic E-state index is 0. The Morgan fingerprint density at radius 2 is 1.92 bits per heavy atom. The molecule has 1 aromatic rings. The standard InChI is InChI=1S/C11H14.ClH.H3N/c1-4-6-11-8-5-7-9(2)10(11)3;;/h4-5,7-8H,1,6H2,2-3H3;1H;1H3. The van der Waals surface area contributed by atoms with E-state index in [1.165, 1.54) is 16.7 Å². The van der Waals surface area contributed by atoms with E-state index in [-0.39, 0.29) is 18.6 Å². The van der Waals surface area contributed by atoms with Gasteiger partial charge in [0.1, 0.15) is 0 Å². The van der Waals surface area contributed by atoms with E-state index in [4.69, 9.17) is 0 Å². The third-order valence-electron chi connectivity index (χ3n) is 2.08. The lowest BCUT2D eigenvalue weighted by atomic mass is 10.0. The Bertz CT molecular complexity index is 269. The fourth-order valence-corrected chi connectivity index (χ4v) is 1.19. The van der Waals surface area contributed by atoms with Crippen LogP contribution in [0.2, 0.25) is 0 Å². The van der Waals surface area contributed by atoms with Crippen molar-refractivity contribution in [1.29, 1.82) is 0 Å². The van der Waals surface area contributed by atoms with Crippen molar-refractivity contribution in [3.63, 3.8) is 0 Å². The summed E-state index contributed by atoms with van der Waals surface area (Å²) in [4.78, 5) is 0. The first kappa shape index (κ1) is 14.7. The average Bonchev–Trinajstić information content (AvgIpc) is 1.99. The summed E-state index contributed by atoms with van der Waals surface area (Å²) in [5.74, 6) is 0. The zero-order valence-corrected chi connectivity index (χ0v) is 9.16. The van der Waals surface area contributed by atoms with E-state index < -0.39 is 0 Å². The molecule has 2 heteroatoms. The first-order valence-corrected chi connectivity index (χ1v) is 3.91. The number of hydrogen-bond acceptors (Lipinski definition) is 1. The van der Waals surface area contributed by atoms with Crippen molar-refractivity contribution in [1.82, 2.24) is 6.15 Å². The molecule has 3 N–H and O–H groups in total. The molecule has 1 aromatic carbocycles. The summed E-state index contributed by atoms with van der Waals surface area (Å²) < 4.78 is 0. The maximum Gasteiger partial charge on any atom is -0.00974 e. The predicted molar refractivity (Wildman–Crippen MR) is 62.1 cm³/mol. The van der Waals surface area contributed by atoms with Crippen LogP contribution in [0, 0.1) is 13.8 Å². The fourth-order valence-electron chi connectivity index (χ4n) is 1.19. The lowest BCUT2D eigenvalue weighted by Gasteiger charge is -2.04. The van der Waals surface area contributed by atoms with Crippen LogP contribution in [-0.2, 0) is 6.42 Å². The van der Waals surface area contributed by atoms with Crippen LogP contribution in [0.3, 0.4) is 0 Å². The first-order valence-electron chi connectivity index (χ1n) is 3.91. The van der Waals surface area contributed by atoms with Crippen LogP contribution in [0.4, 0.5) is 0 Å². The molecule has 0 heterocycles. The smallest absolute Gasteiger partial charge is 0.00974 e. The Labute approximate surface area is 86.9 Å². The molecule has 0 aromatic heterocycles. The zero-order chi connectivity index (χ0) is 8.27. The van der Waals surface area contributed by atoms with Crippen LogP contribution in [0.1, 0.15) is 16.7 Å². The third-order valence-corrected chi connectivity index (χ3v) is 2.08. The quantitative estimate of drug-likeness (QED) is 0.726.